The first-order valence-corrected chi connectivity index (χ1v) is 5.24. The Morgan fingerprint density at radius 3 is 2.09 bits per heavy atom. The predicted molar refractivity (Wildman–Crippen MR) is 43.3 cm³/mol. The molecule has 0 heterocycles. The van der Waals surface area contributed by atoms with E-state index in [-0.39, 0.29) is 6.61 Å². The van der Waals surface area contributed by atoms with E-state index in [9.17, 15) is 8.76 Å². The van der Waals surface area contributed by atoms with Crippen LogP contribution in [0.1, 0.15) is 20.8 Å². The van der Waals surface area contributed by atoms with E-state index in [1.165, 1.54) is 4.67 Å². The summed E-state index contributed by atoms with van der Waals surface area (Å²) in [6.07, 6.45) is 0. The highest BCUT2D eigenvalue weighted by molar-refractivity contribution is 7.50. The summed E-state index contributed by atoms with van der Waals surface area (Å²) in [5.74, 6) is 0. The van der Waals surface area contributed by atoms with Crippen molar-refractivity contribution >= 4 is 7.83 Å². The molecule has 0 aliphatic carbocycles. The summed E-state index contributed by atoms with van der Waals surface area (Å²) in [4.78, 5) is 0. The second-order valence-corrected chi connectivity index (χ2v) is 3.73. The number of hydrogen-bond donors (Lipinski definition) is 0. The van der Waals surface area contributed by atoms with E-state index < -0.39 is 7.83 Å². The van der Waals surface area contributed by atoms with Crippen LogP contribution >= 0.6 is 7.83 Å². The Balaban J connectivity index is 4.13. The third-order valence-electron chi connectivity index (χ3n) is 1.36. The first-order valence-electron chi connectivity index (χ1n) is 3.78. The highest BCUT2D eigenvalue weighted by Crippen LogP contribution is 2.51. The van der Waals surface area contributed by atoms with E-state index in [0.717, 1.165) is 0 Å². The van der Waals surface area contributed by atoms with Crippen LogP contribution in [-0.4, -0.2) is 24.4 Å². The van der Waals surface area contributed by atoms with Crippen molar-refractivity contribution in [3.63, 3.8) is 0 Å². The quantitative estimate of drug-likeness (QED) is 0.613. The lowest BCUT2D eigenvalue weighted by Crippen LogP contribution is -2.18. The van der Waals surface area contributed by atoms with Crippen molar-refractivity contribution in [1.29, 1.82) is 0 Å². The number of hydrogen-bond acceptors (Lipinski definition) is 2. The van der Waals surface area contributed by atoms with Crippen LogP contribution in [0.25, 0.3) is 0 Å². The van der Waals surface area contributed by atoms with Gasteiger partial charge in [0.2, 0.25) is 0 Å². The zero-order valence-electron chi connectivity index (χ0n) is 7.21. The second kappa shape index (κ2) is 4.86. The molecule has 11 heavy (non-hydrogen) atoms. The second-order valence-electron chi connectivity index (χ2n) is 2.01. The summed E-state index contributed by atoms with van der Waals surface area (Å²) in [5.41, 5.74) is 0. The van der Waals surface area contributed by atoms with Crippen molar-refractivity contribution in [2.75, 3.05) is 19.7 Å². The van der Waals surface area contributed by atoms with Gasteiger partial charge in [0.1, 0.15) is 0 Å². The molecular formula is C6H15FNO2P. The minimum absolute atomic E-state index is 0.143. The molecule has 1 unspecified atom stereocenters. The van der Waals surface area contributed by atoms with Crippen molar-refractivity contribution in [1.82, 2.24) is 4.67 Å². The van der Waals surface area contributed by atoms with Crippen molar-refractivity contribution in [2.45, 2.75) is 20.8 Å². The van der Waals surface area contributed by atoms with Crippen molar-refractivity contribution in [3.05, 3.63) is 0 Å². The summed E-state index contributed by atoms with van der Waals surface area (Å²) < 4.78 is 29.7. The van der Waals surface area contributed by atoms with Crippen LogP contribution in [0.3, 0.4) is 0 Å². The minimum Gasteiger partial charge on any atom is -0.294 e. The fourth-order valence-corrected chi connectivity index (χ4v) is 1.96. The molecule has 0 aromatic carbocycles. The molecule has 0 aliphatic rings. The SMILES string of the molecule is CCOP(=O)(F)N(CC)CC. The maximum absolute atomic E-state index is 13.0. The molecule has 0 radical (unpaired) electrons. The van der Waals surface area contributed by atoms with Gasteiger partial charge in [-0.1, -0.05) is 13.8 Å². The van der Waals surface area contributed by atoms with Gasteiger partial charge in [0, 0.05) is 13.1 Å². The fraction of sp³-hybridized carbons (Fsp3) is 1.00. The summed E-state index contributed by atoms with van der Waals surface area (Å²) in [5, 5.41) is 0. The zero-order valence-corrected chi connectivity index (χ0v) is 8.10. The van der Waals surface area contributed by atoms with Gasteiger partial charge in [0.25, 0.3) is 0 Å². The van der Waals surface area contributed by atoms with Gasteiger partial charge in [0.05, 0.1) is 6.61 Å². The molecule has 0 fully saturated rings. The molecule has 0 rings (SSSR count). The molecule has 1 atom stereocenters. The van der Waals surface area contributed by atoms with Gasteiger partial charge < -0.3 is 0 Å². The van der Waals surface area contributed by atoms with Gasteiger partial charge in [-0.3, -0.25) is 4.52 Å². The smallest absolute Gasteiger partial charge is 0.294 e. The van der Waals surface area contributed by atoms with Gasteiger partial charge in [0.15, 0.2) is 0 Å². The molecule has 0 bridgehead atoms. The Morgan fingerprint density at radius 1 is 1.36 bits per heavy atom. The van der Waals surface area contributed by atoms with E-state index in [1.54, 1.807) is 20.8 Å². The molecule has 68 valence electrons. The maximum Gasteiger partial charge on any atom is 0.445 e. The van der Waals surface area contributed by atoms with E-state index in [4.69, 9.17) is 0 Å². The average molecular weight is 183 g/mol. The van der Waals surface area contributed by atoms with E-state index >= 15 is 0 Å². The van der Waals surface area contributed by atoms with Gasteiger partial charge in [-0.15, -0.1) is 4.20 Å². The zero-order chi connectivity index (χ0) is 8.91. The average Bonchev–Trinajstić information content (AvgIpc) is 1.89. The monoisotopic (exact) mass is 183 g/mol. The van der Waals surface area contributed by atoms with E-state index in [0.29, 0.717) is 13.1 Å². The fourth-order valence-electron chi connectivity index (χ4n) is 0.802. The third kappa shape index (κ3) is 3.32. The summed E-state index contributed by atoms with van der Waals surface area (Å²) in [6.45, 7) is 6.07. The Labute approximate surface area is 67.2 Å². The minimum atomic E-state index is -3.97. The van der Waals surface area contributed by atoms with Gasteiger partial charge in [-0.2, -0.15) is 0 Å². The highest BCUT2D eigenvalue weighted by atomic mass is 31.2. The Hall–Kier alpha value is 0.0800. The van der Waals surface area contributed by atoms with Crippen LogP contribution in [-0.2, 0) is 9.09 Å². The third-order valence-corrected chi connectivity index (χ3v) is 3.17. The maximum atomic E-state index is 13.0. The first kappa shape index (κ1) is 11.1. The van der Waals surface area contributed by atoms with E-state index in [2.05, 4.69) is 4.52 Å². The van der Waals surface area contributed by atoms with Crippen LogP contribution in [0.15, 0.2) is 0 Å². The molecule has 0 aromatic heterocycles. The van der Waals surface area contributed by atoms with Gasteiger partial charge in [-0.05, 0) is 6.92 Å². The van der Waals surface area contributed by atoms with Gasteiger partial charge in [-0.25, -0.2) is 9.24 Å². The van der Waals surface area contributed by atoms with Crippen LogP contribution in [0.4, 0.5) is 4.20 Å². The number of nitrogens with zero attached hydrogens (tertiary/aromatic N) is 1. The molecule has 0 saturated carbocycles. The normalized spacial score (nSPS) is 16.8. The lowest BCUT2D eigenvalue weighted by Gasteiger charge is -2.20. The van der Waals surface area contributed by atoms with E-state index in [1.807, 2.05) is 0 Å². The summed E-state index contributed by atoms with van der Waals surface area (Å²) in [7, 11) is -3.97. The molecule has 0 saturated heterocycles. The van der Waals surface area contributed by atoms with Crippen LogP contribution < -0.4 is 0 Å². The first-order chi connectivity index (χ1) is 5.08. The molecule has 0 aromatic rings. The lowest BCUT2D eigenvalue weighted by atomic mass is 10.7. The summed E-state index contributed by atoms with van der Waals surface area (Å²) >= 11 is 0. The van der Waals surface area contributed by atoms with Crippen LogP contribution in [0, 0.1) is 0 Å². The summed E-state index contributed by atoms with van der Waals surface area (Å²) in [6, 6.07) is 0. The van der Waals surface area contributed by atoms with Crippen molar-refractivity contribution in [2.24, 2.45) is 0 Å². The Kier molecular flexibility index (Phi) is 4.89. The predicted octanol–water partition coefficient (Wildman–Crippen LogP) is 2.44. The molecule has 5 heteroatoms. The van der Waals surface area contributed by atoms with Crippen LogP contribution in [0.5, 0.6) is 0 Å². The lowest BCUT2D eigenvalue weighted by molar-refractivity contribution is 0.245. The Bertz CT molecular complexity index is 150. The molecule has 0 spiro atoms. The highest BCUT2D eigenvalue weighted by Gasteiger charge is 2.28. The standard InChI is InChI=1S/C6H15FNO2P/c1-4-8(5-2)11(7,9)10-6-3/h4-6H2,1-3H3. The number of halogens is 1. The van der Waals surface area contributed by atoms with Crippen molar-refractivity contribution < 1.29 is 13.3 Å². The van der Waals surface area contributed by atoms with Crippen molar-refractivity contribution in [3.8, 4) is 0 Å². The molecule has 0 N–H and O–H groups in total. The number of rotatable bonds is 5. The molecular weight excluding hydrogens is 168 g/mol. The topological polar surface area (TPSA) is 29.5 Å². The van der Waals surface area contributed by atoms with Gasteiger partial charge >= 0.3 is 7.83 Å². The molecule has 3 nitrogen and oxygen atoms in total. The van der Waals surface area contributed by atoms with Crippen LogP contribution in [0.2, 0.25) is 0 Å². The molecule has 0 amide bonds. The molecule has 0 aliphatic heterocycles. The Morgan fingerprint density at radius 2 is 1.82 bits per heavy atom. The largest absolute Gasteiger partial charge is 0.445 e.